The molecule has 1 amide bonds. The molecule has 1 aliphatic heterocycles. The van der Waals surface area contributed by atoms with E-state index in [0.29, 0.717) is 31.7 Å². The Morgan fingerprint density at radius 1 is 1.56 bits per heavy atom. The quantitative estimate of drug-likeness (QED) is 0.719. The van der Waals surface area contributed by atoms with Crippen LogP contribution in [0.3, 0.4) is 0 Å². The molecule has 0 spiro atoms. The molecule has 16 heavy (non-hydrogen) atoms. The lowest BCUT2D eigenvalue weighted by molar-refractivity contribution is -0.123. The first kappa shape index (κ1) is 15.7. The van der Waals surface area contributed by atoms with E-state index in [2.05, 4.69) is 17.6 Å². The van der Waals surface area contributed by atoms with Gasteiger partial charge in [0.25, 0.3) is 0 Å². The third-order valence-electron chi connectivity index (χ3n) is 2.67. The van der Waals surface area contributed by atoms with Gasteiger partial charge < -0.3 is 15.4 Å². The second kappa shape index (κ2) is 8.79. The highest BCUT2D eigenvalue weighted by Gasteiger charge is 2.19. The van der Waals surface area contributed by atoms with E-state index < -0.39 is 0 Å². The third-order valence-corrected chi connectivity index (χ3v) is 2.67. The smallest absolute Gasteiger partial charge is 0.222 e. The van der Waals surface area contributed by atoms with Crippen molar-refractivity contribution in [3.8, 4) is 0 Å². The molecule has 1 saturated heterocycles. The number of carbonyl (C=O) groups excluding carboxylic acids is 1. The maximum Gasteiger partial charge on any atom is 0.222 e. The van der Waals surface area contributed by atoms with Crippen LogP contribution in [0.15, 0.2) is 0 Å². The summed E-state index contributed by atoms with van der Waals surface area (Å²) in [7, 11) is 0. The molecular weight excluding hydrogens is 228 g/mol. The van der Waals surface area contributed by atoms with Crippen molar-refractivity contribution in [2.45, 2.75) is 45.2 Å². The summed E-state index contributed by atoms with van der Waals surface area (Å²) in [4.78, 5) is 11.5. The summed E-state index contributed by atoms with van der Waals surface area (Å²) in [5, 5.41) is 6.41. The molecule has 1 rings (SSSR count). The van der Waals surface area contributed by atoms with Crippen LogP contribution in [0, 0.1) is 0 Å². The lowest BCUT2D eigenvalue weighted by atomic mass is 10.0. The molecule has 2 atom stereocenters. The normalized spacial score (nSPS) is 24.6. The molecule has 0 bridgehead atoms. The first-order valence-electron chi connectivity index (χ1n) is 5.83. The summed E-state index contributed by atoms with van der Waals surface area (Å²) in [6.07, 6.45) is 2.54. The fourth-order valence-electron chi connectivity index (χ4n) is 1.87. The van der Waals surface area contributed by atoms with Gasteiger partial charge in [-0.05, 0) is 33.2 Å². The molecule has 1 aliphatic rings. The van der Waals surface area contributed by atoms with Crippen molar-refractivity contribution < 1.29 is 9.53 Å². The first-order chi connectivity index (χ1) is 7.22. The molecule has 0 aromatic rings. The Kier molecular flexibility index (Phi) is 8.61. The first-order valence-corrected chi connectivity index (χ1v) is 5.83. The van der Waals surface area contributed by atoms with Crippen LogP contribution < -0.4 is 10.6 Å². The minimum Gasteiger partial charge on any atom is -0.381 e. The molecule has 0 aromatic carbocycles. The van der Waals surface area contributed by atoms with Crippen LogP contribution in [0.2, 0.25) is 0 Å². The summed E-state index contributed by atoms with van der Waals surface area (Å²) >= 11 is 0. The summed E-state index contributed by atoms with van der Waals surface area (Å²) in [6, 6.07) is 0.853. The zero-order chi connectivity index (χ0) is 11.1. The Hall–Kier alpha value is -0.320. The summed E-state index contributed by atoms with van der Waals surface area (Å²) < 4.78 is 5.14. The molecule has 4 nitrogen and oxygen atoms in total. The average Bonchev–Trinajstić information content (AvgIpc) is 2.18. The number of hydrogen-bond donors (Lipinski definition) is 2. The van der Waals surface area contributed by atoms with Crippen LogP contribution in [-0.2, 0) is 9.53 Å². The molecule has 1 fully saturated rings. The fourth-order valence-corrected chi connectivity index (χ4v) is 1.87. The molecular formula is C11H23ClN2O2. The van der Waals surface area contributed by atoms with Crippen LogP contribution >= 0.6 is 12.4 Å². The van der Waals surface area contributed by atoms with Crippen molar-refractivity contribution in [1.82, 2.24) is 10.6 Å². The van der Waals surface area contributed by atoms with Gasteiger partial charge in [0.05, 0.1) is 6.61 Å². The molecule has 0 saturated carbocycles. The van der Waals surface area contributed by atoms with E-state index in [9.17, 15) is 4.79 Å². The van der Waals surface area contributed by atoms with Crippen LogP contribution in [0.25, 0.3) is 0 Å². The minimum absolute atomic E-state index is 0. The van der Waals surface area contributed by atoms with Gasteiger partial charge in [0.2, 0.25) is 5.91 Å². The molecule has 0 aliphatic carbocycles. The number of halogens is 1. The van der Waals surface area contributed by atoms with Gasteiger partial charge in [0.15, 0.2) is 0 Å². The highest BCUT2D eigenvalue weighted by molar-refractivity contribution is 5.85. The molecule has 2 N–H and O–H groups in total. The number of ether oxygens (including phenoxy) is 1. The Labute approximate surface area is 104 Å². The molecule has 1 heterocycles. The highest BCUT2D eigenvalue weighted by Crippen LogP contribution is 2.07. The van der Waals surface area contributed by atoms with Gasteiger partial charge in [-0.25, -0.2) is 0 Å². The monoisotopic (exact) mass is 250 g/mol. The topological polar surface area (TPSA) is 50.4 Å². The average molecular weight is 251 g/mol. The Morgan fingerprint density at radius 2 is 2.31 bits per heavy atom. The lowest BCUT2D eigenvalue weighted by Gasteiger charge is -2.28. The van der Waals surface area contributed by atoms with E-state index in [-0.39, 0.29) is 18.3 Å². The highest BCUT2D eigenvalue weighted by atomic mass is 35.5. The van der Waals surface area contributed by atoms with E-state index in [1.807, 2.05) is 6.92 Å². The van der Waals surface area contributed by atoms with Gasteiger partial charge in [-0.3, -0.25) is 4.79 Å². The van der Waals surface area contributed by atoms with E-state index in [1.54, 1.807) is 0 Å². The van der Waals surface area contributed by atoms with Crippen molar-refractivity contribution in [3.63, 3.8) is 0 Å². The minimum atomic E-state index is 0. The Bertz CT molecular complexity index is 202. The van der Waals surface area contributed by atoms with E-state index >= 15 is 0 Å². The zero-order valence-electron chi connectivity index (χ0n) is 10.1. The number of carbonyl (C=O) groups is 1. The number of hydrogen-bond acceptors (Lipinski definition) is 3. The second-order valence-corrected chi connectivity index (χ2v) is 4.09. The number of nitrogens with one attached hydrogen (secondary N) is 2. The van der Waals surface area contributed by atoms with Gasteiger partial charge in [-0.2, -0.15) is 0 Å². The van der Waals surface area contributed by atoms with E-state index in [0.717, 1.165) is 19.4 Å². The SMILES string of the molecule is CCOCCC(=O)NC1CCNC(C)C1.Cl. The number of amides is 1. The predicted octanol–water partition coefficient (Wildman–Crippen LogP) is 1.09. The van der Waals surface area contributed by atoms with E-state index in [1.165, 1.54) is 0 Å². The standard InChI is InChI=1S/C11H22N2O2.ClH/c1-3-15-7-5-11(14)13-10-4-6-12-9(2)8-10;/h9-10,12H,3-8H2,1-2H3,(H,13,14);1H. The van der Waals surface area contributed by atoms with Crippen LogP contribution in [0.5, 0.6) is 0 Å². The number of rotatable bonds is 5. The number of piperidine rings is 1. The van der Waals surface area contributed by atoms with Gasteiger partial charge >= 0.3 is 0 Å². The lowest BCUT2D eigenvalue weighted by Crippen LogP contribution is -2.46. The third kappa shape index (κ3) is 6.30. The van der Waals surface area contributed by atoms with Crippen molar-refractivity contribution in [3.05, 3.63) is 0 Å². The molecule has 2 unspecified atom stereocenters. The maximum absolute atomic E-state index is 11.5. The second-order valence-electron chi connectivity index (χ2n) is 4.09. The van der Waals surface area contributed by atoms with Crippen molar-refractivity contribution in [2.24, 2.45) is 0 Å². The fraction of sp³-hybridized carbons (Fsp3) is 0.909. The van der Waals surface area contributed by atoms with Crippen LogP contribution in [0.1, 0.15) is 33.1 Å². The van der Waals surface area contributed by atoms with Crippen molar-refractivity contribution in [2.75, 3.05) is 19.8 Å². The summed E-state index contributed by atoms with van der Waals surface area (Å²) in [5.74, 6) is 0.113. The van der Waals surface area contributed by atoms with Gasteiger partial charge in [-0.1, -0.05) is 0 Å². The van der Waals surface area contributed by atoms with Gasteiger partial charge in [-0.15, -0.1) is 12.4 Å². The Morgan fingerprint density at radius 3 is 2.94 bits per heavy atom. The largest absolute Gasteiger partial charge is 0.381 e. The van der Waals surface area contributed by atoms with Crippen LogP contribution in [-0.4, -0.2) is 37.7 Å². The van der Waals surface area contributed by atoms with Gasteiger partial charge in [0, 0.05) is 25.1 Å². The maximum atomic E-state index is 11.5. The van der Waals surface area contributed by atoms with Gasteiger partial charge in [0.1, 0.15) is 0 Å². The predicted molar refractivity (Wildman–Crippen MR) is 67.0 cm³/mol. The van der Waals surface area contributed by atoms with Crippen LogP contribution in [0.4, 0.5) is 0 Å². The summed E-state index contributed by atoms with van der Waals surface area (Å²) in [5.41, 5.74) is 0. The van der Waals surface area contributed by atoms with Crippen molar-refractivity contribution in [1.29, 1.82) is 0 Å². The molecule has 0 aromatic heterocycles. The zero-order valence-corrected chi connectivity index (χ0v) is 10.9. The molecule has 96 valence electrons. The van der Waals surface area contributed by atoms with E-state index in [4.69, 9.17) is 4.74 Å². The molecule has 5 heteroatoms. The summed E-state index contributed by atoms with van der Waals surface area (Å²) in [6.45, 7) is 6.29. The molecule has 0 radical (unpaired) electrons. The van der Waals surface area contributed by atoms with Crippen molar-refractivity contribution >= 4 is 18.3 Å². The Balaban J connectivity index is 0.00000225.